The first-order valence-electron chi connectivity index (χ1n) is 7.09. The number of carbonyl (C=O) groups excluding carboxylic acids is 1. The van der Waals surface area contributed by atoms with Crippen LogP contribution < -0.4 is 4.74 Å². The third-order valence-corrected chi connectivity index (χ3v) is 2.51. The zero-order valence-corrected chi connectivity index (χ0v) is 12.9. The molecule has 2 rings (SSSR count). The van der Waals surface area contributed by atoms with Crippen LogP contribution in [0.3, 0.4) is 0 Å². The predicted molar refractivity (Wildman–Crippen MR) is 85.4 cm³/mol. The largest absolute Gasteiger partial charge is 0.457 e. The van der Waals surface area contributed by atoms with Crippen molar-refractivity contribution in [3.63, 3.8) is 0 Å². The summed E-state index contributed by atoms with van der Waals surface area (Å²) in [5.74, 6) is 1.17. The van der Waals surface area contributed by atoms with Crippen molar-refractivity contribution in [2.45, 2.75) is 33.6 Å². The van der Waals surface area contributed by atoms with Crippen molar-refractivity contribution in [2.75, 3.05) is 0 Å². The standard InChI is InChI=1S/C15H15FO.C2H6.CH2O/c1-2-3-12-4-8-14(9-5-12)17-15-10-6-13(16)7-11-15;2*1-2/h4-11H,2-3H2,1H3;1-2H3;1H2. The van der Waals surface area contributed by atoms with Crippen molar-refractivity contribution in [1.29, 1.82) is 0 Å². The van der Waals surface area contributed by atoms with Crippen LogP contribution >= 0.6 is 0 Å². The first kappa shape index (κ1) is 18.8. The van der Waals surface area contributed by atoms with Crippen molar-refractivity contribution in [1.82, 2.24) is 0 Å². The van der Waals surface area contributed by atoms with Gasteiger partial charge in [-0.2, -0.15) is 0 Å². The molecule has 0 radical (unpaired) electrons. The molecule has 0 N–H and O–H groups in total. The SMILES string of the molecule is C=O.CC.CCCc1ccc(Oc2ccc(F)cc2)cc1. The summed E-state index contributed by atoms with van der Waals surface area (Å²) in [5, 5.41) is 0. The molecule has 0 aliphatic carbocycles. The van der Waals surface area contributed by atoms with Crippen LogP contribution in [0.1, 0.15) is 32.8 Å². The smallest absolute Gasteiger partial charge is 0.127 e. The van der Waals surface area contributed by atoms with Gasteiger partial charge in [0.05, 0.1) is 0 Å². The second kappa shape index (κ2) is 11.6. The highest BCUT2D eigenvalue weighted by atomic mass is 19.1. The molecule has 0 saturated carbocycles. The van der Waals surface area contributed by atoms with Gasteiger partial charge in [0.25, 0.3) is 0 Å². The molecule has 114 valence electrons. The first-order chi connectivity index (χ1) is 10.3. The van der Waals surface area contributed by atoms with Crippen LogP contribution in [-0.4, -0.2) is 6.79 Å². The third kappa shape index (κ3) is 7.25. The molecule has 0 atom stereocenters. The van der Waals surface area contributed by atoms with E-state index >= 15 is 0 Å². The zero-order valence-electron chi connectivity index (χ0n) is 12.9. The number of halogens is 1. The number of hydrogen-bond donors (Lipinski definition) is 0. The van der Waals surface area contributed by atoms with Gasteiger partial charge in [0.2, 0.25) is 0 Å². The summed E-state index contributed by atoms with van der Waals surface area (Å²) in [4.78, 5) is 8.00. The lowest BCUT2D eigenvalue weighted by Crippen LogP contribution is -1.86. The lowest BCUT2D eigenvalue weighted by atomic mass is 10.1. The maximum atomic E-state index is 12.7. The normalized spacial score (nSPS) is 8.76. The van der Waals surface area contributed by atoms with Crippen molar-refractivity contribution < 1.29 is 13.9 Å². The maximum Gasteiger partial charge on any atom is 0.127 e. The molecule has 0 aliphatic heterocycles. The van der Waals surface area contributed by atoms with Gasteiger partial charge in [-0.25, -0.2) is 4.39 Å². The fourth-order valence-corrected chi connectivity index (χ4v) is 1.65. The lowest BCUT2D eigenvalue weighted by molar-refractivity contribution is -0.0979. The monoisotopic (exact) mass is 290 g/mol. The van der Waals surface area contributed by atoms with Gasteiger partial charge in [-0.3, -0.25) is 0 Å². The first-order valence-corrected chi connectivity index (χ1v) is 7.09. The van der Waals surface area contributed by atoms with Crippen molar-refractivity contribution in [2.24, 2.45) is 0 Å². The Labute approximate surface area is 126 Å². The Balaban J connectivity index is 0.000000921. The number of aryl methyl sites for hydroxylation is 1. The van der Waals surface area contributed by atoms with Gasteiger partial charge < -0.3 is 9.53 Å². The van der Waals surface area contributed by atoms with Gasteiger partial charge in [0.1, 0.15) is 24.1 Å². The van der Waals surface area contributed by atoms with E-state index in [2.05, 4.69) is 19.1 Å². The van der Waals surface area contributed by atoms with Crippen molar-refractivity contribution in [3.05, 3.63) is 59.9 Å². The number of benzene rings is 2. The highest BCUT2D eigenvalue weighted by molar-refractivity contribution is 5.33. The van der Waals surface area contributed by atoms with E-state index in [1.54, 1.807) is 12.1 Å². The quantitative estimate of drug-likeness (QED) is 0.752. The molecule has 2 aromatic carbocycles. The summed E-state index contributed by atoms with van der Waals surface area (Å²) >= 11 is 0. The van der Waals surface area contributed by atoms with Gasteiger partial charge >= 0.3 is 0 Å². The van der Waals surface area contributed by atoms with Crippen LogP contribution in [0.5, 0.6) is 11.5 Å². The van der Waals surface area contributed by atoms with Gasteiger partial charge in [0.15, 0.2) is 0 Å². The van der Waals surface area contributed by atoms with Crippen LogP contribution in [0.15, 0.2) is 48.5 Å². The number of ether oxygens (including phenoxy) is 1. The molecule has 0 heterocycles. The summed E-state index contributed by atoms with van der Waals surface area (Å²) in [6.07, 6.45) is 2.22. The van der Waals surface area contributed by atoms with E-state index in [0.717, 1.165) is 18.6 Å². The summed E-state index contributed by atoms with van der Waals surface area (Å²) in [6, 6.07) is 14.0. The molecule has 2 nitrogen and oxygen atoms in total. The fraction of sp³-hybridized carbons (Fsp3) is 0.278. The van der Waals surface area contributed by atoms with Gasteiger partial charge in [-0.15, -0.1) is 0 Å². The van der Waals surface area contributed by atoms with Crippen LogP contribution in [0.4, 0.5) is 4.39 Å². The Morgan fingerprint density at radius 3 is 1.76 bits per heavy atom. The molecule has 0 aromatic heterocycles. The molecule has 0 bridgehead atoms. The molecule has 0 spiro atoms. The predicted octanol–water partition coefficient (Wildman–Crippen LogP) is 5.41. The van der Waals surface area contributed by atoms with E-state index in [9.17, 15) is 4.39 Å². The Hall–Kier alpha value is -2.16. The van der Waals surface area contributed by atoms with Crippen LogP contribution in [0.2, 0.25) is 0 Å². The van der Waals surface area contributed by atoms with E-state index in [-0.39, 0.29) is 5.82 Å². The van der Waals surface area contributed by atoms with Gasteiger partial charge in [0, 0.05) is 0 Å². The molecule has 0 saturated heterocycles. The molecular formula is C18H23FO2. The van der Waals surface area contributed by atoms with Crippen LogP contribution in [0.25, 0.3) is 0 Å². The van der Waals surface area contributed by atoms with Crippen LogP contribution in [-0.2, 0) is 11.2 Å². The average Bonchev–Trinajstić information content (AvgIpc) is 2.56. The third-order valence-electron chi connectivity index (χ3n) is 2.51. The van der Waals surface area contributed by atoms with Gasteiger partial charge in [-0.05, 0) is 48.4 Å². The van der Waals surface area contributed by atoms with Crippen molar-refractivity contribution >= 4 is 6.79 Å². The Morgan fingerprint density at radius 1 is 0.905 bits per heavy atom. The highest BCUT2D eigenvalue weighted by Gasteiger charge is 1.98. The molecular weight excluding hydrogens is 267 g/mol. The summed E-state index contributed by atoms with van der Waals surface area (Å²) in [5.41, 5.74) is 1.30. The van der Waals surface area contributed by atoms with Crippen LogP contribution in [0, 0.1) is 5.82 Å². The van der Waals surface area contributed by atoms with E-state index in [0.29, 0.717) is 5.75 Å². The fourth-order valence-electron chi connectivity index (χ4n) is 1.65. The Morgan fingerprint density at radius 2 is 1.33 bits per heavy atom. The zero-order chi connectivity index (χ0) is 16.1. The molecule has 2 aromatic rings. The molecule has 0 amide bonds. The Kier molecular flexibility index (Phi) is 10.5. The average molecular weight is 290 g/mol. The minimum absolute atomic E-state index is 0.254. The molecule has 21 heavy (non-hydrogen) atoms. The van der Waals surface area contributed by atoms with E-state index in [1.165, 1.54) is 17.7 Å². The molecule has 0 unspecified atom stereocenters. The number of carbonyl (C=O) groups is 1. The number of rotatable bonds is 4. The van der Waals surface area contributed by atoms with Gasteiger partial charge in [-0.1, -0.05) is 39.3 Å². The van der Waals surface area contributed by atoms with E-state index in [4.69, 9.17) is 9.53 Å². The maximum absolute atomic E-state index is 12.7. The second-order valence-corrected chi connectivity index (χ2v) is 3.95. The van der Waals surface area contributed by atoms with Crippen molar-refractivity contribution in [3.8, 4) is 11.5 Å². The minimum atomic E-state index is -0.254. The molecule has 3 heteroatoms. The van der Waals surface area contributed by atoms with E-state index < -0.39 is 0 Å². The lowest BCUT2D eigenvalue weighted by Gasteiger charge is -2.06. The topological polar surface area (TPSA) is 26.3 Å². The second-order valence-electron chi connectivity index (χ2n) is 3.95. The minimum Gasteiger partial charge on any atom is -0.457 e. The summed E-state index contributed by atoms with van der Waals surface area (Å²) in [6.45, 7) is 8.16. The summed E-state index contributed by atoms with van der Waals surface area (Å²) < 4.78 is 18.3. The number of hydrogen-bond acceptors (Lipinski definition) is 2. The van der Waals surface area contributed by atoms with E-state index in [1.807, 2.05) is 32.8 Å². The Bertz CT molecular complexity index is 478. The molecule has 0 aliphatic rings. The highest BCUT2D eigenvalue weighted by Crippen LogP contribution is 2.22. The summed E-state index contributed by atoms with van der Waals surface area (Å²) in [7, 11) is 0. The molecule has 0 fully saturated rings.